The number of hydrogen-bond acceptors (Lipinski definition) is 5. The van der Waals surface area contributed by atoms with E-state index in [1.54, 1.807) is 18.2 Å². The van der Waals surface area contributed by atoms with Crippen LogP contribution in [0.4, 0.5) is 21.8 Å². The Morgan fingerprint density at radius 2 is 1.83 bits per heavy atom. The highest BCUT2D eigenvalue weighted by molar-refractivity contribution is 6.30. The number of aromatic nitrogens is 3. The summed E-state index contributed by atoms with van der Waals surface area (Å²) in [7, 11) is 0. The maximum absolute atomic E-state index is 13.6. The first-order valence-corrected chi connectivity index (χ1v) is 7.78. The lowest BCUT2D eigenvalue weighted by atomic mass is 10.1. The molecule has 2 aromatic carbocycles. The summed E-state index contributed by atoms with van der Waals surface area (Å²) in [5.74, 6) is 0.427. The standard InChI is InChI=1S/C17H15ClFN5/c18-13-7-5-12(6-8-13)9-10-20-16-11-21-24-17(23-16)22-15-4-2-1-3-14(15)19/h1-8,11H,9-10H2,(H2,20,22,23,24). The zero-order chi connectivity index (χ0) is 16.8. The monoisotopic (exact) mass is 343 g/mol. The van der Waals surface area contributed by atoms with Crippen molar-refractivity contribution in [2.75, 3.05) is 17.2 Å². The van der Waals surface area contributed by atoms with Gasteiger partial charge in [0.05, 0.1) is 11.9 Å². The quantitative estimate of drug-likeness (QED) is 0.706. The van der Waals surface area contributed by atoms with Gasteiger partial charge in [0.2, 0.25) is 5.95 Å². The van der Waals surface area contributed by atoms with Crippen LogP contribution in [0.15, 0.2) is 54.7 Å². The van der Waals surface area contributed by atoms with E-state index < -0.39 is 0 Å². The Kier molecular flexibility index (Phi) is 5.18. The molecule has 2 N–H and O–H groups in total. The number of hydrogen-bond donors (Lipinski definition) is 2. The SMILES string of the molecule is Fc1ccccc1Nc1nncc(NCCc2ccc(Cl)cc2)n1. The minimum absolute atomic E-state index is 0.233. The van der Waals surface area contributed by atoms with E-state index in [2.05, 4.69) is 25.8 Å². The molecular formula is C17H15ClFN5. The van der Waals surface area contributed by atoms with E-state index in [0.717, 1.165) is 11.4 Å². The number of nitrogens with one attached hydrogen (secondary N) is 2. The second-order valence-electron chi connectivity index (χ2n) is 5.07. The van der Waals surface area contributed by atoms with Crippen LogP contribution >= 0.6 is 11.6 Å². The minimum Gasteiger partial charge on any atom is -0.368 e. The van der Waals surface area contributed by atoms with Gasteiger partial charge in [-0.25, -0.2) is 4.39 Å². The molecule has 0 aliphatic heterocycles. The smallest absolute Gasteiger partial charge is 0.249 e. The first-order chi connectivity index (χ1) is 11.7. The van der Waals surface area contributed by atoms with E-state index in [1.807, 2.05) is 24.3 Å². The lowest BCUT2D eigenvalue weighted by molar-refractivity contribution is 0.631. The van der Waals surface area contributed by atoms with Crippen LogP contribution in [0.5, 0.6) is 0 Å². The molecular weight excluding hydrogens is 329 g/mol. The summed E-state index contributed by atoms with van der Waals surface area (Å²) in [6, 6.07) is 14.0. The maximum atomic E-state index is 13.6. The Morgan fingerprint density at radius 3 is 2.62 bits per heavy atom. The Balaban J connectivity index is 1.59. The molecule has 3 rings (SSSR count). The maximum Gasteiger partial charge on any atom is 0.249 e. The van der Waals surface area contributed by atoms with Gasteiger partial charge in [-0.3, -0.25) is 0 Å². The summed E-state index contributed by atoms with van der Waals surface area (Å²) in [6.45, 7) is 0.680. The third-order valence-electron chi connectivity index (χ3n) is 3.31. The largest absolute Gasteiger partial charge is 0.368 e. The second-order valence-corrected chi connectivity index (χ2v) is 5.51. The first kappa shape index (κ1) is 16.1. The molecule has 0 radical (unpaired) electrons. The average Bonchev–Trinajstić information content (AvgIpc) is 2.59. The summed E-state index contributed by atoms with van der Waals surface area (Å²) < 4.78 is 13.6. The molecule has 0 unspecified atom stereocenters. The van der Waals surface area contributed by atoms with Gasteiger partial charge in [0.1, 0.15) is 5.82 Å². The highest BCUT2D eigenvalue weighted by Gasteiger charge is 2.05. The third kappa shape index (κ3) is 4.39. The van der Waals surface area contributed by atoms with Crippen LogP contribution in [-0.4, -0.2) is 21.7 Å². The van der Waals surface area contributed by atoms with Crippen molar-refractivity contribution in [2.45, 2.75) is 6.42 Å². The summed E-state index contributed by atoms with van der Waals surface area (Å²) in [5.41, 5.74) is 1.47. The van der Waals surface area contributed by atoms with Crippen LogP contribution in [0.25, 0.3) is 0 Å². The molecule has 0 saturated carbocycles. The number of rotatable bonds is 6. The predicted molar refractivity (Wildman–Crippen MR) is 93.2 cm³/mol. The molecule has 0 saturated heterocycles. The van der Waals surface area contributed by atoms with Crippen molar-refractivity contribution in [1.82, 2.24) is 15.2 Å². The molecule has 3 aromatic rings. The van der Waals surface area contributed by atoms with E-state index >= 15 is 0 Å². The van der Waals surface area contributed by atoms with Crippen molar-refractivity contribution in [3.05, 3.63) is 71.1 Å². The molecule has 7 heteroatoms. The van der Waals surface area contributed by atoms with Crippen LogP contribution in [0.2, 0.25) is 5.02 Å². The van der Waals surface area contributed by atoms with Gasteiger partial charge in [-0.05, 0) is 36.2 Å². The topological polar surface area (TPSA) is 62.7 Å². The molecule has 0 aliphatic carbocycles. The average molecular weight is 344 g/mol. The fraction of sp³-hybridized carbons (Fsp3) is 0.118. The molecule has 1 aromatic heterocycles. The molecule has 0 bridgehead atoms. The van der Waals surface area contributed by atoms with Crippen molar-refractivity contribution in [1.29, 1.82) is 0 Å². The Labute approximate surface area is 143 Å². The molecule has 24 heavy (non-hydrogen) atoms. The van der Waals surface area contributed by atoms with Gasteiger partial charge in [0.25, 0.3) is 0 Å². The van der Waals surface area contributed by atoms with Gasteiger partial charge in [0.15, 0.2) is 5.82 Å². The van der Waals surface area contributed by atoms with Gasteiger partial charge >= 0.3 is 0 Å². The molecule has 0 fully saturated rings. The van der Waals surface area contributed by atoms with Gasteiger partial charge < -0.3 is 10.6 Å². The van der Waals surface area contributed by atoms with Crippen LogP contribution in [0.1, 0.15) is 5.56 Å². The van der Waals surface area contributed by atoms with Gasteiger partial charge in [0, 0.05) is 11.6 Å². The molecule has 0 aliphatic rings. The highest BCUT2D eigenvalue weighted by Crippen LogP contribution is 2.17. The van der Waals surface area contributed by atoms with Crippen molar-refractivity contribution in [3.8, 4) is 0 Å². The molecule has 5 nitrogen and oxygen atoms in total. The second kappa shape index (κ2) is 7.70. The molecule has 0 amide bonds. The summed E-state index contributed by atoms with van der Waals surface area (Å²) in [6.07, 6.45) is 2.34. The Bertz CT molecular complexity index is 810. The Hall–Kier alpha value is -2.73. The van der Waals surface area contributed by atoms with E-state index in [1.165, 1.54) is 17.8 Å². The van der Waals surface area contributed by atoms with Gasteiger partial charge in [-0.15, -0.1) is 5.10 Å². The van der Waals surface area contributed by atoms with Crippen molar-refractivity contribution < 1.29 is 4.39 Å². The predicted octanol–water partition coefficient (Wildman–Crippen LogP) is 4.06. The van der Waals surface area contributed by atoms with E-state index in [-0.39, 0.29) is 11.8 Å². The van der Waals surface area contributed by atoms with E-state index in [4.69, 9.17) is 11.6 Å². The number of anilines is 3. The zero-order valence-electron chi connectivity index (χ0n) is 12.7. The number of benzene rings is 2. The van der Waals surface area contributed by atoms with Gasteiger partial charge in [-0.1, -0.05) is 35.9 Å². The van der Waals surface area contributed by atoms with Crippen LogP contribution < -0.4 is 10.6 Å². The summed E-state index contributed by atoms with van der Waals surface area (Å²) in [5, 5.41) is 14.4. The normalized spacial score (nSPS) is 10.4. The van der Waals surface area contributed by atoms with Crippen molar-refractivity contribution in [3.63, 3.8) is 0 Å². The molecule has 0 spiro atoms. The molecule has 1 heterocycles. The van der Waals surface area contributed by atoms with Crippen LogP contribution in [-0.2, 0) is 6.42 Å². The van der Waals surface area contributed by atoms with E-state index in [9.17, 15) is 4.39 Å². The fourth-order valence-electron chi connectivity index (χ4n) is 2.11. The Morgan fingerprint density at radius 1 is 1.04 bits per heavy atom. The highest BCUT2D eigenvalue weighted by atomic mass is 35.5. The van der Waals surface area contributed by atoms with Crippen LogP contribution in [0.3, 0.4) is 0 Å². The third-order valence-corrected chi connectivity index (χ3v) is 3.56. The lowest BCUT2D eigenvalue weighted by Crippen LogP contribution is -2.09. The summed E-state index contributed by atoms with van der Waals surface area (Å²) in [4.78, 5) is 4.27. The number of para-hydroxylation sites is 1. The zero-order valence-corrected chi connectivity index (χ0v) is 13.5. The van der Waals surface area contributed by atoms with Crippen molar-refractivity contribution >= 4 is 29.1 Å². The molecule has 122 valence electrons. The lowest BCUT2D eigenvalue weighted by Gasteiger charge is -2.08. The first-order valence-electron chi connectivity index (χ1n) is 7.40. The van der Waals surface area contributed by atoms with E-state index in [0.29, 0.717) is 18.1 Å². The number of nitrogens with zero attached hydrogens (tertiary/aromatic N) is 3. The number of halogens is 2. The van der Waals surface area contributed by atoms with Crippen molar-refractivity contribution in [2.24, 2.45) is 0 Å². The molecule has 0 atom stereocenters. The minimum atomic E-state index is -0.373. The summed E-state index contributed by atoms with van der Waals surface area (Å²) >= 11 is 5.86. The van der Waals surface area contributed by atoms with Crippen LogP contribution in [0, 0.1) is 5.82 Å². The van der Waals surface area contributed by atoms with Gasteiger partial charge in [-0.2, -0.15) is 10.1 Å². The fourth-order valence-corrected chi connectivity index (χ4v) is 2.24.